The number of thioether (sulfide) groups is 1. The summed E-state index contributed by atoms with van der Waals surface area (Å²) in [6.45, 7) is 2.01. The molecule has 0 aromatic heterocycles. The van der Waals surface area contributed by atoms with Crippen molar-refractivity contribution in [3.63, 3.8) is 0 Å². The summed E-state index contributed by atoms with van der Waals surface area (Å²) in [5.41, 5.74) is 1.00. The summed E-state index contributed by atoms with van der Waals surface area (Å²) in [5.74, 6) is 2.08. The highest BCUT2D eigenvalue weighted by Gasteiger charge is 2.20. The van der Waals surface area contributed by atoms with Crippen LogP contribution in [0.25, 0.3) is 0 Å². The fourth-order valence-corrected chi connectivity index (χ4v) is 3.18. The first-order chi connectivity index (χ1) is 11.6. The van der Waals surface area contributed by atoms with E-state index in [0.29, 0.717) is 5.75 Å². The number of rotatable bonds is 7. The van der Waals surface area contributed by atoms with E-state index < -0.39 is 0 Å². The maximum atomic E-state index is 12.5. The number of amides is 1. The van der Waals surface area contributed by atoms with Crippen molar-refractivity contribution in [2.75, 3.05) is 27.0 Å². The van der Waals surface area contributed by atoms with Crippen LogP contribution >= 0.6 is 11.8 Å². The molecule has 0 spiro atoms. The molecule has 0 aliphatic carbocycles. The molecule has 5 heteroatoms. The van der Waals surface area contributed by atoms with Crippen LogP contribution in [0.2, 0.25) is 0 Å². The first kappa shape index (κ1) is 18.2. The van der Waals surface area contributed by atoms with E-state index in [-0.39, 0.29) is 11.9 Å². The summed E-state index contributed by atoms with van der Waals surface area (Å²) in [5, 5.41) is 0. The van der Waals surface area contributed by atoms with Gasteiger partial charge in [-0.15, -0.1) is 11.8 Å². The lowest BCUT2D eigenvalue weighted by atomic mass is 10.1. The molecule has 0 N–H and O–H groups in total. The number of hydrogen-bond acceptors (Lipinski definition) is 4. The van der Waals surface area contributed by atoms with Crippen LogP contribution in [0, 0.1) is 0 Å². The summed E-state index contributed by atoms with van der Waals surface area (Å²) < 4.78 is 10.5. The molecule has 1 unspecified atom stereocenters. The number of carbonyl (C=O) groups excluding carboxylic acids is 1. The predicted octanol–water partition coefficient (Wildman–Crippen LogP) is 4.02. The largest absolute Gasteiger partial charge is 0.497 e. The van der Waals surface area contributed by atoms with E-state index in [2.05, 4.69) is 0 Å². The Bertz CT molecular complexity index is 673. The van der Waals surface area contributed by atoms with Gasteiger partial charge in [0.15, 0.2) is 0 Å². The van der Waals surface area contributed by atoms with Crippen LogP contribution in [0.15, 0.2) is 53.4 Å². The lowest BCUT2D eigenvalue weighted by molar-refractivity contribution is -0.128. The molecule has 24 heavy (non-hydrogen) atoms. The van der Waals surface area contributed by atoms with Gasteiger partial charge in [-0.05, 0) is 37.3 Å². The Kier molecular flexibility index (Phi) is 6.55. The standard InChI is InChI=1S/C19H23NO3S/c1-14(17-7-5-6-8-18(17)23-4)20(2)19(21)13-24-16-11-9-15(22-3)10-12-16/h5-12,14H,13H2,1-4H3. The third-order valence-electron chi connectivity index (χ3n) is 3.99. The number of ether oxygens (including phenoxy) is 2. The van der Waals surface area contributed by atoms with Crippen LogP contribution < -0.4 is 9.47 Å². The average Bonchev–Trinajstić information content (AvgIpc) is 2.65. The Morgan fingerprint density at radius 3 is 2.38 bits per heavy atom. The first-order valence-corrected chi connectivity index (χ1v) is 8.70. The van der Waals surface area contributed by atoms with Gasteiger partial charge in [0.1, 0.15) is 11.5 Å². The van der Waals surface area contributed by atoms with Crippen molar-refractivity contribution in [3.05, 3.63) is 54.1 Å². The quantitative estimate of drug-likeness (QED) is 0.711. The fourth-order valence-electron chi connectivity index (χ4n) is 2.36. The van der Waals surface area contributed by atoms with Crippen LogP contribution in [0.1, 0.15) is 18.5 Å². The number of methoxy groups -OCH3 is 2. The second-order valence-electron chi connectivity index (χ2n) is 5.39. The second kappa shape index (κ2) is 8.64. The smallest absolute Gasteiger partial charge is 0.233 e. The minimum atomic E-state index is -0.0508. The highest BCUT2D eigenvalue weighted by Crippen LogP contribution is 2.29. The highest BCUT2D eigenvalue weighted by atomic mass is 32.2. The van der Waals surface area contributed by atoms with Gasteiger partial charge in [0, 0.05) is 17.5 Å². The Labute approximate surface area is 147 Å². The molecule has 2 aromatic rings. The molecule has 0 fully saturated rings. The molecule has 1 amide bonds. The maximum absolute atomic E-state index is 12.5. The van der Waals surface area contributed by atoms with Crippen molar-refractivity contribution in [1.29, 1.82) is 0 Å². The Morgan fingerprint density at radius 2 is 1.75 bits per heavy atom. The maximum Gasteiger partial charge on any atom is 0.233 e. The summed E-state index contributed by atoms with van der Waals surface area (Å²) in [7, 11) is 5.11. The zero-order valence-electron chi connectivity index (χ0n) is 14.5. The third-order valence-corrected chi connectivity index (χ3v) is 4.98. The lowest BCUT2D eigenvalue weighted by Gasteiger charge is -2.26. The summed E-state index contributed by atoms with van der Waals surface area (Å²) >= 11 is 1.52. The molecule has 1 atom stereocenters. The van der Waals surface area contributed by atoms with Crippen molar-refractivity contribution >= 4 is 17.7 Å². The predicted molar refractivity (Wildman–Crippen MR) is 97.9 cm³/mol. The Hall–Kier alpha value is -2.14. The van der Waals surface area contributed by atoms with Gasteiger partial charge in [0.2, 0.25) is 5.91 Å². The number of para-hydroxylation sites is 1. The van der Waals surface area contributed by atoms with Crippen LogP contribution in [-0.2, 0) is 4.79 Å². The molecule has 0 aliphatic heterocycles. The van der Waals surface area contributed by atoms with Gasteiger partial charge >= 0.3 is 0 Å². The molecular formula is C19H23NO3S. The number of benzene rings is 2. The van der Waals surface area contributed by atoms with Gasteiger partial charge in [-0.2, -0.15) is 0 Å². The molecule has 2 aromatic carbocycles. The molecular weight excluding hydrogens is 322 g/mol. The van der Waals surface area contributed by atoms with E-state index >= 15 is 0 Å². The van der Waals surface area contributed by atoms with E-state index in [1.807, 2.05) is 62.5 Å². The summed E-state index contributed by atoms with van der Waals surface area (Å²) in [6, 6.07) is 15.4. The Morgan fingerprint density at radius 1 is 1.08 bits per heavy atom. The average molecular weight is 345 g/mol. The zero-order chi connectivity index (χ0) is 17.5. The van der Waals surface area contributed by atoms with Gasteiger partial charge in [-0.3, -0.25) is 4.79 Å². The van der Waals surface area contributed by atoms with Crippen molar-refractivity contribution < 1.29 is 14.3 Å². The summed E-state index contributed by atoms with van der Waals surface area (Å²) in [4.78, 5) is 15.3. The van der Waals surface area contributed by atoms with Crippen molar-refractivity contribution in [2.45, 2.75) is 17.9 Å². The minimum absolute atomic E-state index is 0.0508. The molecule has 0 aliphatic rings. The van der Waals surface area contributed by atoms with Crippen LogP contribution in [0.5, 0.6) is 11.5 Å². The molecule has 0 saturated heterocycles. The lowest BCUT2D eigenvalue weighted by Crippen LogP contribution is -2.31. The first-order valence-electron chi connectivity index (χ1n) is 7.72. The molecule has 0 bridgehead atoms. The van der Waals surface area contributed by atoms with Gasteiger partial charge in [0.25, 0.3) is 0 Å². The van der Waals surface area contributed by atoms with Crippen LogP contribution in [0.3, 0.4) is 0 Å². The minimum Gasteiger partial charge on any atom is -0.497 e. The van der Waals surface area contributed by atoms with Crippen molar-refractivity contribution in [3.8, 4) is 11.5 Å². The van der Waals surface area contributed by atoms with Crippen molar-refractivity contribution in [1.82, 2.24) is 4.90 Å². The van der Waals surface area contributed by atoms with Crippen LogP contribution in [-0.4, -0.2) is 37.8 Å². The topological polar surface area (TPSA) is 38.8 Å². The van der Waals surface area contributed by atoms with Gasteiger partial charge < -0.3 is 14.4 Å². The monoisotopic (exact) mass is 345 g/mol. The van der Waals surface area contributed by atoms with Gasteiger partial charge in [-0.1, -0.05) is 18.2 Å². The van der Waals surface area contributed by atoms with Crippen molar-refractivity contribution in [2.24, 2.45) is 0 Å². The van der Waals surface area contributed by atoms with E-state index in [1.54, 1.807) is 19.1 Å². The van der Waals surface area contributed by atoms with Crippen LogP contribution in [0.4, 0.5) is 0 Å². The molecule has 0 saturated carbocycles. The number of nitrogens with zero attached hydrogens (tertiary/aromatic N) is 1. The van der Waals surface area contributed by atoms with Gasteiger partial charge in [0.05, 0.1) is 26.0 Å². The van der Waals surface area contributed by atoms with E-state index in [0.717, 1.165) is 22.0 Å². The normalized spacial score (nSPS) is 11.7. The van der Waals surface area contributed by atoms with E-state index in [4.69, 9.17) is 9.47 Å². The molecule has 128 valence electrons. The highest BCUT2D eigenvalue weighted by molar-refractivity contribution is 8.00. The van der Waals surface area contributed by atoms with Gasteiger partial charge in [-0.25, -0.2) is 0 Å². The second-order valence-corrected chi connectivity index (χ2v) is 6.44. The number of carbonyl (C=O) groups is 1. The molecule has 0 radical (unpaired) electrons. The number of hydrogen-bond donors (Lipinski definition) is 0. The SMILES string of the molecule is COc1ccc(SCC(=O)N(C)C(C)c2ccccc2OC)cc1. The van der Waals surface area contributed by atoms with E-state index in [1.165, 1.54) is 11.8 Å². The Balaban J connectivity index is 1.98. The zero-order valence-corrected chi connectivity index (χ0v) is 15.3. The molecule has 4 nitrogen and oxygen atoms in total. The van der Waals surface area contributed by atoms with E-state index in [9.17, 15) is 4.79 Å². The summed E-state index contributed by atoms with van der Waals surface area (Å²) in [6.07, 6.45) is 0. The third kappa shape index (κ3) is 4.45. The molecule has 0 heterocycles. The fraction of sp³-hybridized carbons (Fsp3) is 0.316. The molecule has 2 rings (SSSR count).